The molecule has 0 saturated carbocycles. The van der Waals surface area contributed by atoms with Crippen molar-refractivity contribution in [3.8, 4) is 11.5 Å². The SMILES string of the molecule is CCOc1ccc(C(=O)NCc2cc(F)cc(F)c2)cc1OCC. The Morgan fingerprint density at radius 2 is 1.58 bits per heavy atom. The Balaban J connectivity index is 2.09. The maximum atomic E-state index is 13.1. The molecule has 0 fully saturated rings. The number of carbonyl (C=O) groups excluding carboxylic acids is 1. The van der Waals surface area contributed by atoms with Crippen molar-refractivity contribution >= 4 is 5.91 Å². The zero-order valence-corrected chi connectivity index (χ0v) is 13.6. The number of ether oxygens (including phenoxy) is 2. The molecular formula is C18H19F2NO3. The van der Waals surface area contributed by atoms with Crippen LogP contribution in [0.3, 0.4) is 0 Å². The van der Waals surface area contributed by atoms with Crippen LogP contribution in [-0.4, -0.2) is 19.1 Å². The van der Waals surface area contributed by atoms with Gasteiger partial charge in [0, 0.05) is 18.2 Å². The van der Waals surface area contributed by atoms with E-state index in [-0.39, 0.29) is 12.5 Å². The fourth-order valence-electron chi connectivity index (χ4n) is 2.19. The quantitative estimate of drug-likeness (QED) is 0.839. The van der Waals surface area contributed by atoms with Crippen molar-refractivity contribution in [2.45, 2.75) is 20.4 Å². The molecule has 2 rings (SSSR count). The van der Waals surface area contributed by atoms with Gasteiger partial charge in [-0.1, -0.05) is 0 Å². The van der Waals surface area contributed by atoms with Gasteiger partial charge in [0.1, 0.15) is 11.6 Å². The number of rotatable bonds is 7. The van der Waals surface area contributed by atoms with Gasteiger partial charge in [0.15, 0.2) is 11.5 Å². The Kier molecular flexibility index (Phi) is 6.12. The van der Waals surface area contributed by atoms with E-state index in [1.54, 1.807) is 18.2 Å². The van der Waals surface area contributed by atoms with Gasteiger partial charge in [0.2, 0.25) is 0 Å². The van der Waals surface area contributed by atoms with Gasteiger partial charge >= 0.3 is 0 Å². The average Bonchev–Trinajstić information content (AvgIpc) is 2.54. The second-order valence-corrected chi connectivity index (χ2v) is 4.99. The van der Waals surface area contributed by atoms with Crippen LogP contribution in [0.1, 0.15) is 29.8 Å². The number of hydrogen-bond acceptors (Lipinski definition) is 3. The van der Waals surface area contributed by atoms with Crippen LogP contribution in [0.2, 0.25) is 0 Å². The third-order valence-electron chi connectivity index (χ3n) is 3.18. The van der Waals surface area contributed by atoms with Gasteiger partial charge in [-0.05, 0) is 49.7 Å². The van der Waals surface area contributed by atoms with Crippen LogP contribution in [-0.2, 0) is 6.54 Å². The molecule has 24 heavy (non-hydrogen) atoms. The zero-order valence-electron chi connectivity index (χ0n) is 13.6. The lowest BCUT2D eigenvalue weighted by Gasteiger charge is -2.12. The fraction of sp³-hybridized carbons (Fsp3) is 0.278. The third-order valence-corrected chi connectivity index (χ3v) is 3.18. The summed E-state index contributed by atoms with van der Waals surface area (Å²) >= 11 is 0. The molecule has 6 heteroatoms. The minimum atomic E-state index is -0.682. The summed E-state index contributed by atoms with van der Waals surface area (Å²) in [6, 6.07) is 7.97. The Morgan fingerprint density at radius 3 is 2.21 bits per heavy atom. The molecule has 128 valence electrons. The first-order valence-corrected chi connectivity index (χ1v) is 7.66. The predicted octanol–water partition coefficient (Wildman–Crippen LogP) is 3.69. The monoisotopic (exact) mass is 335 g/mol. The van der Waals surface area contributed by atoms with E-state index in [1.807, 2.05) is 13.8 Å². The van der Waals surface area contributed by atoms with Gasteiger partial charge < -0.3 is 14.8 Å². The summed E-state index contributed by atoms with van der Waals surface area (Å²) in [5, 5.41) is 2.62. The van der Waals surface area contributed by atoms with Crippen LogP contribution in [0.5, 0.6) is 11.5 Å². The first-order valence-electron chi connectivity index (χ1n) is 7.66. The molecule has 2 aromatic rings. The van der Waals surface area contributed by atoms with Gasteiger partial charge in [0.25, 0.3) is 5.91 Å². The Morgan fingerprint density at radius 1 is 0.958 bits per heavy atom. The van der Waals surface area contributed by atoms with Gasteiger partial charge in [-0.25, -0.2) is 8.78 Å². The zero-order chi connectivity index (χ0) is 17.5. The molecule has 0 atom stereocenters. The lowest BCUT2D eigenvalue weighted by atomic mass is 10.1. The summed E-state index contributed by atoms with van der Waals surface area (Å²) in [6.45, 7) is 4.63. The molecule has 0 aliphatic carbocycles. The van der Waals surface area contributed by atoms with Crippen LogP contribution in [0.15, 0.2) is 36.4 Å². The van der Waals surface area contributed by atoms with E-state index in [9.17, 15) is 13.6 Å². The molecule has 0 aliphatic rings. The highest BCUT2D eigenvalue weighted by molar-refractivity contribution is 5.94. The lowest BCUT2D eigenvalue weighted by molar-refractivity contribution is 0.0950. The highest BCUT2D eigenvalue weighted by Gasteiger charge is 2.12. The molecule has 0 bridgehead atoms. The molecule has 1 N–H and O–H groups in total. The van der Waals surface area contributed by atoms with E-state index in [0.717, 1.165) is 6.07 Å². The average molecular weight is 335 g/mol. The maximum Gasteiger partial charge on any atom is 0.251 e. The Hall–Kier alpha value is -2.63. The van der Waals surface area contributed by atoms with Gasteiger partial charge in [-0.2, -0.15) is 0 Å². The van der Waals surface area contributed by atoms with Gasteiger partial charge in [-0.15, -0.1) is 0 Å². The third kappa shape index (κ3) is 4.68. The summed E-state index contributed by atoms with van der Waals surface area (Å²) in [7, 11) is 0. The van der Waals surface area contributed by atoms with E-state index < -0.39 is 11.6 Å². The molecule has 1 amide bonds. The maximum absolute atomic E-state index is 13.1. The molecule has 4 nitrogen and oxygen atoms in total. The van der Waals surface area contributed by atoms with Crippen molar-refractivity contribution in [2.24, 2.45) is 0 Å². The van der Waals surface area contributed by atoms with Gasteiger partial charge in [0.05, 0.1) is 13.2 Å². The molecule has 0 heterocycles. The predicted molar refractivity (Wildman–Crippen MR) is 86.3 cm³/mol. The van der Waals surface area contributed by atoms with Gasteiger partial charge in [-0.3, -0.25) is 4.79 Å². The summed E-state index contributed by atoms with van der Waals surface area (Å²) in [6.07, 6.45) is 0. The van der Waals surface area contributed by atoms with Crippen molar-refractivity contribution < 1.29 is 23.0 Å². The first-order chi connectivity index (χ1) is 11.5. The minimum Gasteiger partial charge on any atom is -0.490 e. The number of halogens is 2. The van der Waals surface area contributed by atoms with Crippen LogP contribution >= 0.6 is 0 Å². The molecule has 0 aliphatic heterocycles. The smallest absolute Gasteiger partial charge is 0.251 e. The van der Waals surface area contributed by atoms with E-state index in [0.29, 0.717) is 35.8 Å². The number of benzene rings is 2. The standard InChI is InChI=1S/C18H19F2NO3/c1-3-23-16-6-5-13(9-17(16)24-4-2)18(22)21-11-12-7-14(19)10-15(20)8-12/h5-10H,3-4,11H2,1-2H3,(H,21,22). The summed E-state index contributed by atoms with van der Waals surface area (Å²) in [5.74, 6) is -0.700. The minimum absolute atomic E-state index is 0.0185. The number of carbonyl (C=O) groups is 1. The number of hydrogen-bond donors (Lipinski definition) is 1. The molecule has 0 unspecified atom stereocenters. The van der Waals surface area contributed by atoms with Crippen molar-refractivity contribution in [1.29, 1.82) is 0 Å². The molecule has 0 aromatic heterocycles. The molecular weight excluding hydrogens is 316 g/mol. The van der Waals surface area contributed by atoms with Crippen LogP contribution < -0.4 is 14.8 Å². The number of nitrogens with one attached hydrogen (secondary N) is 1. The van der Waals surface area contributed by atoms with E-state index in [4.69, 9.17) is 9.47 Å². The van der Waals surface area contributed by atoms with Crippen molar-refractivity contribution in [1.82, 2.24) is 5.32 Å². The normalized spacial score (nSPS) is 10.3. The second kappa shape index (κ2) is 8.29. The summed E-state index contributed by atoms with van der Waals surface area (Å²) in [5.41, 5.74) is 0.718. The van der Waals surface area contributed by atoms with E-state index >= 15 is 0 Å². The molecule has 0 spiro atoms. The van der Waals surface area contributed by atoms with Crippen molar-refractivity contribution in [3.63, 3.8) is 0 Å². The second-order valence-electron chi connectivity index (χ2n) is 4.99. The number of amides is 1. The summed E-state index contributed by atoms with van der Waals surface area (Å²) in [4.78, 5) is 12.2. The summed E-state index contributed by atoms with van der Waals surface area (Å²) < 4.78 is 37.2. The lowest BCUT2D eigenvalue weighted by Crippen LogP contribution is -2.23. The first kappa shape index (κ1) is 17.7. The highest BCUT2D eigenvalue weighted by atomic mass is 19.1. The Bertz CT molecular complexity index is 699. The van der Waals surface area contributed by atoms with Crippen LogP contribution in [0, 0.1) is 11.6 Å². The topological polar surface area (TPSA) is 47.6 Å². The fourth-order valence-corrected chi connectivity index (χ4v) is 2.19. The largest absolute Gasteiger partial charge is 0.490 e. The molecule has 0 saturated heterocycles. The molecule has 2 aromatic carbocycles. The van der Waals surface area contributed by atoms with Crippen LogP contribution in [0.25, 0.3) is 0 Å². The van der Waals surface area contributed by atoms with Crippen molar-refractivity contribution in [3.05, 3.63) is 59.2 Å². The van der Waals surface area contributed by atoms with Crippen LogP contribution in [0.4, 0.5) is 8.78 Å². The van der Waals surface area contributed by atoms with E-state index in [2.05, 4.69) is 5.32 Å². The Labute approximate surface area is 139 Å². The van der Waals surface area contributed by atoms with E-state index in [1.165, 1.54) is 12.1 Å². The highest BCUT2D eigenvalue weighted by Crippen LogP contribution is 2.28. The molecule has 0 radical (unpaired) electrons. The van der Waals surface area contributed by atoms with Crippen molar-refractivity contribution in [2.75, 3.05) is 13.2 Å².